The highest BCUT2D eigenvalue weighted by Crippen LogP contribution is 2.49. The summed E-state index contributed by atoms with van der Waals surface area (Å²) in [4.78, 5) is 18.8. The molecule has 2 atom stereocenters. The third-order valence-corrected chi connectivity index (χ3v) is 6.00. The van der Waals surface area contributed by atoms with Crippen molar-refractivity contribution in [3.8, 4) is 28.6 Å². The molecule has 5 rings (SSSR count). The fourth-order valence-corrected chi connectivity index (χ4v) is 4.85. The van der Waals surface area contributed by atoms with Crippen LogP contribution in [-0.4, -0.2) is 45.3 Å². The molecule has 2 aromatic carbocycles. The van der Waals surface area contributed by atoms with Crippen molar-refractivity contribution >= 4 is 5.91 Å². The number of aliphatic hydroxyl groups excluding tert-OH is 1. The molecule has 0 radical (unpaired) electrons. The van der Waals surface area contributed by atoms with Crippen molar-refractivity contribution in [2.75, 3.05) is 13.2 Å². The number of β-amino-alcohol motifs (C(OH)–C–C–N with tert-alkyl or cyclic N) is 1. The number of hydrogen-bond acceptors (Lipinski definition) is 6. The first kappa shape index (κ1) is 19.8. The smallest absolute Gasteiger partial charge is 0.258 e. The van der Waals surface area contributed by atoms with Crippen molar-refractivity contribution in [1.29, 1.82) is 0 Å². The molecule has 3 aromatic rings. The Balaban J connectivity index is 1.47. The van der Waals surface area contributed by atoms with Crippen LogP contribution in [0.5, 0.6) is 5.75 Å². The Kier molecular flexibility index (Phi) is 4.98. The van der Waals surface area contributed by atoms with Crippen LogP contribution in [0.2, 0.25) is 0 Å². The summed E-state index contributed by atoms with van der Waals surface area (Å²) < 4.78 is 11.4. The molecule has 0 bridgehead atoms. The number of hydrogen-bond donors (Lipinski definition) is 1. The summed E-state index contributed by atoms with van der Waals surface area (Å²) in [6, 6.07) is 13.7. The molecule has 160 valence electrons. The topological polar surface area (TPSA) is 88.7 Å². The monoisotopic (exact) mass is 419 g/mol. The predicted octanol–water partition coefficient (Wildman–Crippen LogP) is 3.63. The van der Waals surface area contributed by atoms with Crippen LogP contribution in [0, 0.1) is 5.92 Å². The lowest BCUT2D eigenvalue weighted by Gasteiger charge is -2.24. The van der Waals surface area contributed by atoms with Crippen LogP contribution in [0.3, 0.4) is 0 Å². The molecular formula is C24H25N3O4. The van der Waals surface area contributed by atoms with E-state index in [4.69, 9.17) is 9.26 Å². The van der Waals surface area contributed by atoms with Gasteiger partial charge < -0.3 is 19.3 Å². The van der Waals surface area contributed by atoms with Gasteiger partial charge in [0.1, 0.15) is 5.75 Å². The molecule has 1 aromatic heterocycles. The number of carbonyl (C=O) groups excluding carboxylic acids is 1. The SMILES string of the molecule is CC(C)Oc1cccc(-c2nc(-c3cccc4c3CC3CC(=O)N(CCO)C43)no2)c1. The Morgan fingerprint density at radius 1 is 1.23 bits per heavy atom. The largest absolute Gasteiger partial charge is 0.491 e. The quantitative estimate of drug-likeness (QED) is 0.656. The molecule has 31 heavy (non-hydrogen) atoms. The van der Waals surface area contributed by atoms with Gasteiger partial charge in [0.2, 0.25) is 11.7 Å². The van der Waals surface area contributed by atoms with Gasteiger partial charge in [0, 0.05) is 24.1 Å². The molecule has 1 fully saturated rings. The third kappa shape index (κ3) is 3.49. The van der Waals surface area contributed by atoms with Gasteiger partial charge >= 0.3 is 0 Å². The second-order valence-electron chi connectivity index (χ2n) is 8.41. The molecule has 7 nitrogen and oxygen atoms in total. The average molecular weight is 419 g/mol. The summed E-state index contributed by atoms with van der Waals surface area (Å²) in [5.41, 5.74) is 4.03. The Hall–Kier alpha value is -3.19. The van der Waals surface area contributed by atoms with Crippen LogP contribution >= 0.6 is 0 Å². The van der Waals surface area contributed by atoms with Gasteiger partial charge in [-0.25, -0.2) is 0 Å². The van der Waals surface area contributed by atoms with Crippen molar-refractivity contribution < 1.29 is 19.2 Å². The van der Waals surface area contributed by atoms with Gasteiger partial charge in [-0.2, -0.15) is 4.98 Å². The highest BCUT2D eigenvalue weighted by Gasteiger charge is 2.46. The molecule has 2 heterocycles. The lowest BCUT2D eigenvalue weighted by atomic mass is 10.0. The van der Waals surface area contributed by atoms with Crippen LogP contribution in [-0.2, 0) is 11.2 Å². The van der Waals surface area contributed by atoms with E-state index in [0.29, 0.717) is 24.7 Å². The predicted molar refractivity (Wildman–Crippen MR) is 114 cm³/mol. The summed E-state index contributed by atoms with van der Waals surface area (Å²) in [6.45, 7) is 4.30. The number of benzene rings is 2. The van der Waals surface area contributed by atoms with E-state index in [2.05, 4.69) is 16.2 Å². The maximum absolute atomic E-state index is 12.4. The zero-order valence-corrected chi connectivity index (χ0v) is 17.6. The molecule has 0 saturated carbocycles. The summed E-state index contributed by atoms with van der Waals surface area (Å²) in [6.07, 6.45) is 1.39. The van der Waals surface area contributed by atoms with Crippen LogP contribution in [0.1, 0.15) is 37.4 Å². The first-order valence-electron chi connectivity index (χ1n) is 10.7. The fraction of sp³-hybridized carbons (Fsp3) is 0.375. The molecule has 1 aliphatic carbocycles. The van der Waals surface area contributed by atoms with Crippen LogP contribution in [0.4, 0.5) is 0 Å². The molecule has 2 aliphatic rings. The van der Waals surface area contributed by atoms with Crippen molar-refractivity contribution in [3.05, 3.63) is 53.6 Å². The Bertz CT molecular complexity index is 1120. The van der Waals surface area contributed by atoms with E-state index in [1.54, 1.807) is 0 Å². The van der Waals surface area contributed by atoms with Crippen molar-refractivity contribution in [3.63, 3.8) is 0 Å². The number of carbonyl (C=O) groups is 1. The summed E-state index contributed by atoms with van der Waals surface area (Å²) in [7, 11) is 0. The second kappa shape index (κ2) is 7.81. The molecule has 0 spiro atoms. The van der Waals surface area contributed by atoms with Crippen LogP contribution in [0.25, 0.3) is 22.8 Å². The first-order valence-corrected chi connectivity index (χ1v) is 10.7. The number of likely N-dealkylation sites (tertiary alicyclic amines) is 1. The molecule has 7 heteroatoms. The second-order valence-corrected chi connectivity index (χ2v) is 8.41. The van der Waals surface area contributed by atoms with Gasteiger partial charge in [0.25, 0.3) is 5.89 Å². The van der Waals surface area contributed by atoms with Gasteiger partial charge in [-0.3, -0.25) is 4.79 Å². The number of aromatic nitrogens is 2. The number of ether oxygens (including phenoxy) is 1. The summed E-state index contributed by atoms with van der Waals surface area (Å²) in [5.74, 6) is 2.09. The summed E-state index contributed by atoms with van der Waals surface area (Å²) in [5, 5.41) is 13.6. The number of nitrogens with zero attached hydrogens (tertiary/aromatic N) is 3. The van der Waals surface area contributed by atoms with Gasteiger partial charge in [0.15, 0.2) is 0 Å². The maximum atomic E-state index is 12.4. The highest BCUT2D eigenvalue weighted by atomic mass is 16.5. The molecule has 1 amide bonds. The normalized spacial score (nSPS) is 19.7. The lowest BCUT2D eigenvalue weighted by Crippen LogP contribution is -2.30. The van der Waals surface area contributed by atoms with E-state index in [1.807, 2.05) is 55.1 Å². The number of aliphatic hydroxyl groups is 1. The molecule has 1 aliphatic heterocycles. The number of amides is 1. The minimum Gasteiger partial charge on any atom is -0.491 e. The zero-order valence-electron chi connectivity index (χ0n) is 17.6. The van der Waals surface area contributed by atoms with E-state index in [9.17, 15) is 9.90 Å². The third-order valence-electron chi connectivity index (χ3n) is 6.00. The minimum absolute atomic E-state index is 0.0193. The average Bonchev–Trinajstić information content (AvgIpc) is 3.43. The number of fused-ring (bicyclic) bond motifs is 3. The van der Waals surface area contributed by atoms with Crippen molar-refractivity contribution in [1.82, 2.24) is 15.0 Å². The van der Waals surface area contributed by atoms with E-state index < -0.39 is 0 Å². The van der Waals surface area contributed by atoms with Gasteiger partial charge in [0.05, 0.1) is 18.8 Å². The standard InChI is InChI=1S/C24H25N3O4/c1-14(2)30-17-6-3-5-15(11-17)24-25-23(26-31-24)19-8-4-7-18-20(19)12-16-13-21(29)27(9-10-28)22(16)18/h3-8,11,14,16,22,28H,9-10,12-13H2,1-2H3. The maximum Gasteiger partial charge on any atom is 0.258 e. The lowest BCUT2D eigenvalue weighted by molar-refractivity contribution is -0.129. The highest BCUT2D eigenvalue weighted by molar-refractivity contribution is 5.81. The van der Waals surface area contributed by atoms with Crippen LogP contribution < -0.4 is 4.74 Å². The van der Waals surface area contributed by atoms with Gasteiger partial charge in [-0.1, -0.05) is 29.4 Å². The van der Waals surface area contributed by atoms with E-state index in [-0.39, 0.29) is 30.6 Å². The Morgan fingerprint density at radius 2 is 2.06 bits per heavy atom. The minimum atomic E-state index is -0.0300. The fourth-order valence-electron chi connectivity index (χ4n) is 4.85. The summed E-state index contributed by atoms with van der Waals surface area (Å²) >= 11 is 0. The van der Waals surface area contributed by atoms with E-state index >= 15 is 0 Å². The molecular weight excluding hydrogens is 394 g/mol. The Labute approximate surface area is 180 Å². The van der Waals surface area contributed by atoms with E-state index in [0.717, 1.165) is 34.4 Å². The molecule has 1 saturated heterocycles. The van der Waals surface area contributed by atoms with Crippen molar-refractivity contribution in [2.45, 2.75) is 38.8 Å². The van der Waals surface area contributed by atoms with Crippen LogP contribution in [0.15, 0.2) is 47.0 Å². The van der Waals surface area contributed by atoms with E-state index in [1.165, 1.54) is 0 Å². The van der Waals surface area contributed by atoms with Crippen molar-refractivity contribution in [2.24, 2.45) is 5.92 Å². The molecule has 2 unspecified atom stereocenters. The molecule has 1 N–H and O–H groups in total. The first-order chi connectivity index (χ1) is 15.0. The van der Waals surface area contributed by atoms with Gasteiger partial charge in [-0.15, -0.1) is 0 Å². The zero-order chi connectivity index (χ0) is 21.5. The van der Waals surface area contributed by atoms with Gasteiger partial charge in [-0.05, 0) is 55.5 Å². The number of rotatable bonds is 6. The Morgan fingerprint density at radius 3 is 2.87 bits per heavy atom.